The Morgan fingerprint density at radius 3 is 2.00 bits per heavy atom. The second kappa shape index (κ2) is 6.02. The monoisotopic (exact) mass is 335 g/mol. The summed E-state index contributed by atoms with van der Waals surface area (Å²) in [6.45, 7) is -0.0770. The number of carbonyl (C=O) groups is 1. The van der Waals surface area contributed by atoms with Gasteiger partial charge in [0.2, 0.25) is 0 Å². The predicted molar refractivity (Wildman–Crippen MR) is 97.0 cm³/mol. The van der Waals surface area contributed by atoms with Crippen LogP contribution in [0.1, 0.15) is 4.79 Å². The van der Waals surface area contributed by atoms with Gasteiger partial charge in [-0.05, 0) is 24.3 Å². The Hall–Kier alpha value is -2.78. The van der Waals surface area contributed by atoms with Crippen molar-refractivity contribution >= 4 is 39.3 Å². The molecule has 0 spiro atoms. The van der Waals surface area contributed by atoms with E-state index in [1.165, 1.54) is 0 Å². The lowest BCUT2D eigenvalue weighted by atomic mass is 10.2. The molecule has 0 aliphatic carbocycles. The van der Waals surface area contributed by atoms with Crippen molar-refractivity contribution in [1.29, 1.82) is 0 Å². The molecule has 0 saturated carbocycles. The van der Waals surface area contributed by atoms with Gasteiger partial charge in [-0.2, -0.15) is 0 Å². The van der Waals surface area contributed by atoms with E-state index in [2.05, 4.69) is 0 Å². The van der Waals surface area contributed by atoms with E-state index < -0.39 is 0 Å². The van der Waals surface area contributed by atoms with E-state index in [1.54, 1.807) is 16.7 Å². The van der Waals surface area contributed by atoms with E-state index in [0.717, 1.165) is 21.8 Å². The van der Waals surface area contributed by atoms with Gasteiger partial charge < -0.3 is 4.74 Å². The fourth-order valence-corrected chi connectivity index (χ4v) is 3.15. The number of hydrogen-bond donors (Lipinski definition) is 0. The van der Waals surface area contributed by atoms with Gasteiger partial charge in [-0.25, -0.2) is 0 Å². The molecule has 0 saturated heterocycles. The largest absolute Gasteiger partial charge is 0.482 e. The molecule has 0 unspecified atom stereocenters. The van der Waals surface area contributed by atoms with Crippen molar-refractivity contribution in [3.05, 3.63) is 77.8 Å². The van der Waals surface area contributed by atoms with Crippen LogP contribution in [0.25, 0.3) is 21.8 Å². The van der Waals surface area contributed by atoms with Crippen LogP contribution in [0.2, 0.25) is 5.02 Å². The first-order valence-corrected chi connectivity index (χ1v) is 8.02. The Morgan fingerprint density at radius 1 is 0.833 bits per heavy atom. The molecule has 24 heavy (non-hydrogen) atoms. The van der Waals surface area contributed by atoms with Crippen molar-refractivity contribution in [1.82, 2.24) is 4.57 Å². The Kier molecular flexibility index (Phi) is 3.71. The molecule has 0 amide bonds. The smallest absolute Gasteiger partial charge is 0.269 e. The number of para-hydroxylation sites is 3. The van der Waals surface area contributed by atoms with Gasteiger partial charge in [-0.3, -0.25) is 9.36 Å². The molecular formula is C20H14ClNO2. The molecule has 0 bridgehead atoms. The van der Waals surface area contributed by atoms with Crippen molar-refractivity contribution < 1.29 is 9.53 Å². The maximum atomic E-state index is 12.8. The minimum absolute atomic E-state index is 0.0770. The molecule has 0 aliphatic heterocycles. The molecule has 0 fully saturated rings. The fourth-order valence-electron chi connectivity index (χ4n) is 2.96. The normalized spacial score (nSPS) is 11.0. The van der Waals surface area contributed by atoms with Crippen molar-refractivity contribution in [2.45, 2.75) is 0 Å². The number of ether oxygens (including phenoxy) is 1. The number of benzene rings is 3. The Labute approximate surface area is 144 Å². The molecule has 1 aromatic heterocycles. The van der Waals surface area contributed by atoms with E-state index >= 15 is 0 Å². The standard InChI is InChI=1S/C20H14ClNO2/c21-16-9-3-6-12-19(16)24-13-20(23)22-17-10-4-1-7-14(17)15-8-2-5-11-18(15)22/h1-12H,13H2. The van der Waals surface area contributed by atoms with Crippen LogP contribution in [0.3, 0.4) is 0 Å². The van der Waals surface area contributed by atoms with Crippen molar-refractivity contribution in [2.75, 3.05) is 6.61 Å². The van der Waals surface area contributed by atoms with Gasteiger partial charge in [0.1, 0.15) is 5.75 Å². The first kappa shape index (κ1) is 14.8. The molecule has 0 radical (unpaired) electrons. The summed E-state index contributed by atoms with van der Waals surface area (Å²) in [6.07, 6.45) is 0. The highest BCUT2D eigenvalue weighted by atomic mass is 35.5. The van der Waals surface area contributed by atoms with Gasteiger partial charge in [0.25, 0.3) is 5.91 Å². The van der Waals surface area contributed by atoms with Crippen LogP contribution in [-0.2, 0) is 0 Å². The molecule has 0 N–H and O–H groups in total. The van der Waals surface area contributed by atoms with Crippen molar-refractivity contribution in [3.63, 3.8) is 0 Å². The first-order valence-electron chi connectivity index (χ1n) is 7.64. The van der Waals surface area contributed by atoms with Crippen molar-refractivity contribution in [3.8, 4) is 5.75 Å². The minimum Gasteiger partial charge on any atom is -0.482 e. The van der Waals surface area contributed by atoms with Gasteiger partial charge in [-0.1, -0.05) is 60.1 Å². The van der Waals surface area contributed by atoms with E-state index in [1.807, 2.05) is 60.7 Å². The number of fused-ring (bicyclic) bond motifs is 3. The number of nitrogens with zero attached hydrogens (tertiary/aromatic N) is 1. The third-order valence-corrected chi connectivity index (χ3v) is 4.33. The third kappa shape index (κ3) is 2.43. The number of carbonyl (C=O) groups excluding carboxylic acids is 1. The molecule has 4 rings (SSSR count). The molecule has 1 heterocycles. The van der Waals surface area contributed by atoms with Crippen LogP contribution in [0.15, 0.2) is 72.8 Å². The molecular weight excluding hydrogens is 322 g/mol. The summed E-state index contributed by atoms with van der Waals surface area (Å²) in [5.41, 5.74) is 1.76. The highest BCUT2D eigenvalue weighted by molar-refractivity contribution is 6.32. The summed E-state index contributed by atoms with van der Waals surface area (Å²) < 4.78 is 7.33. The molecule has 4 aromatic rings. The van der Waals surface area contributed by atoms with Gasteiger partial charge >= 0.3 is 0 Å². The summed E-state index contributed by atoms with van der Waals surface area (Å²) in [7, 11) is 0. The Morgan fingerprint density at radius 2 is 1.38 bits per heavy atom. The second-order valence-corrected chi connectivity index (χ2v) is 5.89. The van der Waals surface area contributed by atoms with Crippen molar-refractivity contribution in [2.24, 2.45) is 0 Å². The minimum atomic E-state index is -0.132. The van der Waals surface area contributed by atoms with Crippen LogP contribution in [0.5, 0.6) is 5.75 Å². The van der Waals surface area contributed by atoms with Gasteiger partial charge in [-0.15, -0.1) is 0 Å². The Balaban J connectivity index is 1.75. The molecule has 118 valence electrons. The SMILES string of the molecule is O=C(COc1ccccc1Cl)n1c2ccccc2c2ccccc21. The first-order chi connectivity index (χ1) is 11.8. The van der Waals surface area contributed by atoms with E-state index in [0.29, 0.717) is 10.8 Å². The van der Waals surface area contributed by atoms with Crippen LogP contribution >= 0.6 is 11.6 Å². The van der Waals surface area contributed by atoms with Gasteiger partial charge in [0.05, 0.1) is 16.1 Å². The van der Waals surface area contributed by atoms with Crippen LogP contribution in [-0.4, -0.2) is 17.1 Å². The molecule has 0 atom stereocenters. The second-order valence-electron chi connectivity index (χ2n) is 5.48. The number of hydrogen-bond acceptors (Lipinski definition) is 2. The summed E-state index contributed by atoms with van der Waals surface area (Å²) in [6, 6.07) is 22.9. The van der Waals surface area contributed by atoms with Crippen LogP contribution < -0.4 is 4.74 Å². The predicted octanol–water partition coefficient (Wildman–Crippen LogP) is 5.17. The topological polar surface area (TPSA) is 31.2 Å². The summed E-state index contributed by atoms with van der Waals surface area (Å²) >= 11 is 6.08. The van der Waals surface area contributed by atoms with Crippen LogP contribution in [0.4, 0.5) is 0 Å². The zero-order valence-electron chi connectivity index (χ0n) is 12.8. The average molecular weight is 336 g/mol. The lowest BCUT2D eigenvalue weighted by molar-refractivity contribution is 0.0848. The van der Waals surface area contributed by atoms with Gasteiger partial charge in [0.15, 0.2) is 6.61 Å². The number of halogens is 1. The maximum Gasteiger partial charge on any atom is 0.269 e. The zero-order valence-corrected chi connectivity index (χ0v) is 13.5. The van der Waals surface area contributed by atoms with Crippen LogP contribution in [0, 0.1) is 0 Å². The summed E-state index contributed by atoms with van der Waals surface area (Å²) in [5, 5.41) is 2.60. The fraction of sp³-hybridized carbons (Fsp3) is 0.0500. The molecule has 3 nitrogen and oxygen atoms in total. The molecule has 0 aliphatic rings. The van der Waals surface area contributed by atoms with E-state index in [4.69, 9.17) is 16.3 Å². The lowest BCUT2D eigenvalue weighted by Gasteiger charge is -2.09. The van der Waals surface area contributed by atoms with E-state index in [-0.39, 0.29) is 12.5 Å². The highest BCUT2D eigenvalue weighted by Gasteiger charge is 2.16. The lowest BCUT2D eigenvalue weighted by Crippen LogP contribution is -2.19. The highest BCUT2D eigenvalue weighted by Crippen LogP contribution is 2.29. The Bertz CT molecular complexity index is 999. The average Bonchev–Trinajstić information content (AvgIpc) is 2.95. The summed E-state index contributed by atoms with van der Waals surface area (Å²) in [5.74, 6) is 0.376. The summed E-state index contributed by atoms with van der Waals surface area (Å²) in [4.78, 5) is 12.8. The molecule has 3 aromatic carbocycles. The number of rotatable bonds is 3. The van der Waals surface area contributed by atoms with E-state index in [9.17, 15) is 4.79 Å². The number of aromatic nitrogens is 1. The maximum absolute atomic E-state index is 12.8. The molecule has 4 heteroatoms. The third-order valence-electron chi connectivity index (χ3n) is 4.02. The van der Waals surface area contributed by atoms with Gasteiger partial charge in [0, 0.05) is 10.8 Å². The quantitative estimate of drug-likeness (QED) is 0.517. The zero-order chi connectivity index (χ0) is 16.5.